The van der Waals surface area contributed by atoms with Crippen molar-refractivity contribution >= 4 is 29.1 Å². The Balaban J connectivity index is 1.98. The molecule has 9 heteroatoms. The topological polar surface area (TPSA) is 85.2 Å². The molecular formula is C23H24ClFN4O3. The van der Waals surface area contributed by atoms with Crippen LogP contribution in [0.5, 0.6) is 5.75 Å². The smallest absolute Gasteiger partial charge is 0.287 e. The molecule has 1 amide bonds. The molecule has 3 aromatic rings. The van der Waals surface area contributed by atoms with Crippen LogP contribution in [0.4, 0.5) is 16.0 Å². The van der Waals surface area contributed by atoms with Crippen molar-refractivity contribution in [3.63, 3.8) is 0 Å². The van der Waals surface area contributed by atoms with Gasteiger partial charge in [-0.15, -0.1) is 0 Å². The SMILES string of the molecule is CCNC(=O)c1cn(Cc2ccc(Cl)cc2)c(Nc2ccc(OC(C)C)c(F)c2)nc1=O. The Hall–Kier alpha value is -3.39. The van der Waals surface area contributed by atoms with Gasteiger partial charge in [0.1, 0.15) is 5.56 Å². The normalized spacial score (nSPS) is 10.8. The van der Waals surface area contributed by atoms with Crippen molar-refractivity contribution < 1.29 is 13.9 Å². The quantitative estimate of drug-likeness (QED) is 0.523. The zero-order valence-corrected chi connectivity index (χ0v) is 18.7. The van der Waals surface area contributed by atoms with E-state index in [4.69, 9.17) is 16.3 Å². The molecule has 2 aromatic carbocycles. The summed E-state index contributed by atoms with van der Waals surface area (Å²) in [7, 11) is 0. The minimum absolute atomic E-state index is 0.0850. The second-order valence-corrected chi connectivity index (χ2v) is 7.77. The van der Waals surface area contributed by atoms with Crippen LogP contribution in [0.15, 0.2) is 53.5 Å². The van der Waals surface area contributed by atoms with Crippen molar-refractivity contribution in [3.8, 4) is 5.75 Å². The largest absolute Gasteiger partial charge is 0.488 e. The van der Waals surface area contributed by atoms with Crippen LogP contribution < -0.4 is 20.9 Å². The lowest BCUT2D eigenvalue weighted by molar-refractivity contribution is 0.0953. The molecule has 0 aliphatic rings. The molecule has 3 rings (SSSR count). The number of amides is 1. The molecule has 1 heterocycles. The number of halogens is 2. The molecule has 0 aliphatic heterocycles. The highest BCUT2D eigenvalue weighted by Gasteiger charge is 2.16. The number of anilines is 2. The molecule has 168 valence electrons. The summed E-state index contributed by atoms with van der Waals surface area (Å²) in [4.78, 5) is 28.8. The number of benzene rings is 2. The van der Waals surface area contributed by atoms with Crippen LogP contribution in [0.25, 0.3) is 0 Å². The maximum atomic E-state index is 14.4. The van der Waals surface area contributed by atoms with E-state index in [0.29, 0.717) is 23.8 Å². The molecule has 0 saturated carbocycles. The number of nitrogens with one attached hydrogen (secondary N) is 2. The van der Waals surface area contributed by atoms with Gasteiger partial charge in [-0.1, -0.05) is 23.7 Å². The standard InChI is InChI=1S/C23H24ClFN4O3/c1-4-26-21(30)18-13-29(12-15-5-7-16(24)8-6-15)23(28-22(18)31)27-17-9-10-20(19(25)11-17)32-14(2)3/h5-11,13-14H,4,12H2,1-3H3,(H,26,30)(H,27,28,31). The van der Waals surface area contributed by atoms with Crippen LogP contribution in [0.1, 0.15) is 36.7 Å². The molecule has 7 nitrogen and oxygen atoms in total. The number of aromatic nitrogens is 2. The van der Waals surface area contributed by atoms with E-state index in [-0.39, 0.29) is 23.4 Å². The average Bonchev–Trinajstić information content (AvgIpc) is 2.73. The summed E-state index contributed by atoms with van der Waals surface area (Å²) in [6.45, 7) is 6.05. The molecule has 0 atom stereocenters. The third-order valence-electron chi connectivity index (χ3n) is 4.39. The Labute approximate surface area is 190 Å². The predicted octanol–water partition coefficient (Wildman–Crippen LogP) is 4.36. The molecule has 0 saturated heterocycles. The van der Waals surface area contributed by atoms with Gasteiger partial charge in [0.15, 0.2) is 11.6 Å². The number of ether oxygens (including phenoxy) is 1. The predicted molar refractivity (Wildman–Crippen MR) is 123 cm³/mol. The first-order valence-electron chi connectivity index (χ1n) is 10.1. The Morgan fingerprint density at radius 1 is 1.22 bits per heavy atom. The molecule has 32 heavy (non-hydrogen) atoms. The lowest BCUT2D eigenvalue weighted by Crippen LogP contribution is -2.31. The lowest BCUT2D eigenvalue weighted by Gasteiger charge is -2.16. The minimum Gasteiger partial charge on any atom is -0.488 e. The van der Waals surface area contributed by atoms with Gasteiger partial charge in [0.2, 0.25) is 5.95 Å². The first-order chi connectivity index (χ1) is 15.3. The van der Waals surface area contributed by atoms with Crippen LogP contribution in [0, 0.1) is 5.82 Å². The monoisotopic (exact) mass is 458 g/mol. The van der Waals surface area contributed by atoms with Crippen molar-refractivity contribution in [3.05, 3.63) is 81.0 Å². The fraction of sp³-hybridized carbons (Fsp3) is 0.261. The number of carbonyl (C=O) groups excluding carboxylic acids is 1. The summed E-state index contributed by atoms with van der Waals surface area (Å²) in [5.41, 5.74) is 0.474. The van der Waals surface area contributed by atoms with Gasteiger partial charge in [-0.25, -0.2) is 4.39 Å². The Morgan fingerprint density at radius 2 is 1.94 bits per heavy atom. The van der Waals surface area contributed by atoms with Crippen LogP contribution in [-0.2, 0) is 6.54 Å². The Bertz CT molecular complexity index is 1160. The second kappa shape index (κ2) is 10.3. The minimum atomic E-state index is -0.689. The van der Waals surface area contributed by atoms with E-state index in [1.807, 2.05) is 12.1 Å². The molecule has 0 bridgehead atoms. The fourth-order valence-electron chi connectivity index (χ4n) is 2.97. The van der Waals surface area contributed by atoms with Crippen LogP contribution in [0.2, 0.25) is 5.02 Å². The summed E-state index contributed by atoms with van der Waals surface area (Å²) in [5.74, 6) is -0.768. The van der Waals surface area contributed by atoms with Gasteiger partial charge < -0.3 is 19.9 Å². The van der Waals surface area contributed by atoms with E-state index >= 15 is 0 Å². The molecule has 2 N–H and O–H groups in total. The van der Waals surface area contributed by atoms with Gasteiger partial charge in [-0.05, 0) is 50.6 Å². The fourth-order valence-corrected chi connectivity index (χ4v) is 3.09. The van der Waals surface area contributed by atoms with Crippen molar-refractivity contribution in [2.24, 2.45) is 0 Å². The highest BCUT2D eigenvalue weighted by atomic mass is 35.5. The van der Waals surface area contributed by atoms with Crippen LogP contribution >= 0.6 is 11.6 Å². The van der Waals surface area contributed by atoms with E-state index in [1.54, 1.807) is 43.5 Å². The molecule has 0 fully saturated rings. The van der Waals surface area contributed by atoms with Gasteiger partial charge >= 0.3 is 0 Å². The van der Waals surface area contributed by atoms with Gasteiger partial charge in [-0.2, -0.15) is 4.98 Å². The number of hydrogen-bond acceptors (Lipinski definition) is 5. The Kier molecular flexibility index (Phi) is 7.48. The summed E-state index contributed by atoms with van der Waals surface area (Å²) in [6.07, 6.45) is 1.26. The molecule has 0 unspecified atom stereocenters. The maximum Gasteiger partial charge on any atom is 0.287 e. The highest BCUT2D eigenvalue weighted by molar-refractivity contribution is 6.30. The van der Waals surface area contributed by atoms with E-state index < -0.39 is 17.3 Å². The van der Waals surface area contributed by atoms with Crippen LogP contribution in [-0.4, -0.2) is 28.1 Å². The average molecular weight is 459 g/mol. The van der Waals surface area contributed by atoms with Crippen molar-refractivity contribution in [1.82, 2.24) is 14.9 Å². The molecule has 0 spiro atoms. The van der Waals surface area contributed by atoms with Gasteiger partial charge in [0.25, 0.3) is 11.5 Å². The first-order valence-corrected chi connectivity index (χ1v) is 10.5. The molecular weight excluding hydrogens is 435 g/mol. The third-order valence-corrected chi connectivity index (χ3v) is 4.65. The molecule has 1 aromatic heterocycles. The summed E-state index contributed by atoms with van der Waals surface area (Å²) in [6, 6.07) is 11.5. The van der Waals surface area contributed by atoms with E-state index in [9.17, 15) is 14.0 Å². The van der Waals surface area contributed by atoms with Crippen molar-refractivity contribution in [2.45, 2.75) is 33.4 Å². The van der Waals surface area contributed by atoms with Crippen LogP contribution in [0.3, 0.4) is 0 Å². The Morgan fingerprint density at radius 3 is 2.56 bits per heavy atom. The summed E-state index contributed by atoms with van der Waals surface area (Å²) < 4.78 is 21.4. The molecule has 0 radical (unpaired) electrons. The number of nitrogens with zero attached hydrogens (tertiary/aromatic N) is 2. The first kappa shape index (κ1) is 23.3. The van der Waals surface area contributed by atoms with E-state index in [2.05, 4.69) is 15.6 Å². The number of carbonyl (C=O) groups is 1. The van der Waals surface area contributed by atoms with E-state index in [0.717, 1.165) is 5.56 Å². The van der Waals surface area contributed by atoms with E-state index in [1.165, 1.54) is 18.3 Å². The van der Waals surface area contributed by atoms with Gasteiger partial charge in [0.05, 0.1) is 12.6 Å². The third kappa shape index (κ3) is 5.85. The second-order valence-electron chi connectivity index (χ2n) is 7.33. The van der Waals surface area contributed by atoms with Crippen molar-refractivity contribution in [2.75, 3.05) is 11.9 Å². The number of hydrogen-bond donors (Lipinski definition) is 2. The maximum absolute atomic E-state index is 14.4. The summed E-state index contributed by atoms with van der Waals surface area (Å²) in [5, 5.41) is 6.16. The zero-order chi connectivity index (χ0) is 23.3. The summed E-state index contributed by atoms with van der Waals surface area (Å²) >= 11 is 5.96. The van der Waals surface area contributed by atoms with Gasteiger partial charge in [-0.3, -0.25) is 9.59 Å². The zero-order valence-electron chi connectivity index (χ0n) is 18.0. The molecule has 0 aliphatic carbocycles. The van der Waals surface area contributed by atoms with Gasteiger partial charge in [0, 0.05) is 29.5 Å². The lowest BCUT2D eigenvalue weighted by atomic mass is 10.2. The highest BCUT2D eigenvalue weighted by Crippen LogP contribution is 2.24. The van der Waals surface area contributed by atoms with Crippen molar-refractivity contribution in [1.29, 1.82) is 0 Å². The number of rotatable bonds is 8.